The van der Waals surface area contributed by atoms with Crippen molar-refractivity contribution in [2.24, 2.45) is 0 Å². The molecule has 1 aliphatic rings. The van der Waals surface area contributed by atoms with Gasteiger partial charge in [0.25, 0.3) is 5.69 Å². The van der Waals surface area contributed by atoms with Crippen molar-refractivity contribution in [2.45, 2.75) is 4.90 Å². The summed E-state index contributed by atoms with van der Waals surface area (Å²) in [5.74, 6) is -2.86. The van der Waals surface area contributed by atoms with E-state index in [-0.39, 0.29) is 49.0 Å². The number of nitro groups is 1. The average molecular weight is 440 g/mol. The Bertz CT molecular complexity index is 1070. The SMILES string of the molecule is O=C(CN1CCN(S(=O)(=O)c2ccc(F)c(F)c2)CC1)Nc1ccccc1[N+](=O)[O-]. The number of rotatable bonds is 6. The molecule has 9 nitrogen and oxygen atoms in total. The second-order valence-corrected chi connectivity index (χ2v) is 8.52. The second-order valence-electron chi connectivity index (χ2n) is 6.58. The van der Waals surface area contributed by atoms with Gasteiger partial charge in [0, 0.05) is 32.2 Å². The Hall–Kier alpha value is -2.96. The van der Waals surface area contributed by atoms with Gasteiger partial charge < -0.3 is 5.32 Å². The first-order valence-corrected chi connectivity index (χ1v) is 10.3. The maximum Gasteiger partial charge on any atom is 0.292 e. The van der Waals surface area contributed by atoms with Crippen molar-refractivity contribution in [1.29, 1.82) is 0 Å². The number of halogens is 2. The summed E-state index contributed by atoms with van der Waals surface area (Å²) in [6.45, 7) is 0.492. The molecule has 1 heterocycles. The summed E-state index contributed by atoms with van der Waals surface area (Å²) in [7, 11) is -3.99. The summed E-state index contributed by atoms with van der Waals surface area (Å²) in [6, 6.07) is 8.13. The lowest BCUT2D eigenvalue weighted by Gasteiger charge is -2.33. The largest absolute Gasteiger partial charge is 0.319 e. The van der Waals surface area contributed by atoms with Gasteiger partial charge in [-0.05, 0) is 24.3 Å². The van der Waals surface area contributed by atoms with E-state index >= 15 is 0 Å². The van der Waals surface area contributed by atoms with Crippen LogP contribution in [0.1, 0.15) is 0 Å². The molecule has 160 valence electrons. The number of carbonyl (C=O) groups is 1. The van der Waals surface area contributed by atoms with Crippen molar-refractivity contribution in [1.82, 2.24) is 9.21 Å². The Morgan fingerprint density at radius 1 is 1.07 bits per heavy atom. The summed E-state index contributed by atoms with van der Waals surface area (Å²) >= 11 is 0. The molecular weight excluding hydrogens is 422 g/mol. The molecule has 1 amide bonds. The van der Waals surface area contributed by atoms with E-state index in [4.69, 9.17) is 0 Å². The highest BCUT2D eigenvalue weighted by molar-refractivity contribution is 7.89. The van der Waals surface area contributed by atoms with Crippen LogP contribution in [0.15, 0.2) is 47.4 Å². The highest BCUT2D eigenvalue weighted by Gasteiger charge is 2.30. The minimum atomic E-state index is -3.99. The van der Waals surface area contributed by atoms with Crippen molar-refractivity contribution in [3.05, 3.63) is 64.2 Å². The van der Waals surface area contributed by atoms with Crippen LogP contribution >= 0.6 is 0 Å². The number of sulfonamides is 1. The maximum atomic E-state index is 13.4. The van der Waals surface area contributed by atoms with Crippen LogP contribution in [0.3, 0.4) is 0 Å². The van der Waals surface area contributed by atoms with Crippen LogP contribution in [0.4, 0.5) is 20.2 Å². The molecule has 0 bridgehead atoms. The van der Waals surface area contributed by atoms with Crippen molar-refractivity contribution < 1.29 is 26.9 Å². The van der Waals surface area contributed by atoms with Crippen LogP contribution < -0.4 is 5.32 Å². The van der Waals surface area contributed by atoms with E-state index in [9.17, 15) is 32.1 Å². The molecule has 0 atom stereocenters. The first-order chi connectivity index (χ1) is 14.2. The number of benzene rings is 2. The molecule has 2 aromatic carbocycles. The third-order valence-corrected chi connectivity index (χ3v) is 6.50. The van der Waals surface area contributed by atoms with Crippen molar-refractivity contribution in [3.8, 4) is 0 Å². The van der Waals surface area contributed by atoms with Crippen molar-refractivity contribution in [2.75, 3.05) is 38.0 Å². The topological polar surface area (TPSA) is 113 Å². The van der Waals surface area contributed by atoms with E-state index < -0.39 is 32.5 Å². The quantitative estimate of drug-likeness (QED) is 0.542. The second kappa shape index (κ2) is 8.81. The number of hydrogen-bond donors (Lipinski definition) is 1. The minimum absolute atomic E-state index is 0.0556. The number of nitrogens with one attached hydrogen (secondary N) is 1. The zero-order valence-electron chi connectivity index (χ0n) is 15.6. The predicted octanol–water partition coefficient (Wildman–Crippen LogP) is 1.82. The molecule has 12 heteroatoms. The van der Waals surface area contributed by atoms with Gasteiger partial charge >= 0.3 is 0 Å². The molecule has 0 aromatic heterocycles. The van der Waals surface area contributed by atoms with Gasteiger partial charge in [0.1, 0.15) is 5.69 Å². The Kier molecular flexibility index (Phi) is 6.39. The number of carbonyl (C=O) groups excluding carboxylic acids is 1. The molecule has 1 saturated heterocycles. The third-order valence-electron chi connectivity index (χ3n) is 4.60. The fourth-order valence-corrected chi connectivity index (χ4v) is 4.48. The number of nitro benzene ring substituents is 1. The predicted molar refractivity (Wildman–Crippen MR) is 103 cm³/mol. The lowest BCUT2D eigenvalue weighted by molar-refractivity contribution is -0.383. The fraction of sp³-hybridized carbons (Fsp3) is 0.278. The molecule has 0 aliphatic carbocycles. The summed E-state index contributed by atoms with van der Waals surface area (Å²) in [5.41, 5.74) is -0.152. The minimum Gasteiger partial charge on any atom is -0.319 e. The Morgan fingerprint density at radius 3 is 2.37 bits per heavy atom. The number of hydrogen-bond acceptors (Lipinski definition) is 6. The summed E-state index contributed by atoms with van der Waals surface area (Å²) in [5, 5.41) is 13.5. The van der Waals surface area contributed by atoms with E-state index in [0.29, 0.717) is 6.07 Å². The van der Waals surface area contributed by atoms with Crippen molar-refractivity contribution >= 4 is 27.3 Å². The van der Waals surface area contributed by atoms with Gasteiger partial charge in [-0.15, -0.1) is 0 Å². The summed E-state index contributed by atoms with van der Waals surface area (Å²) < 4.78 is 52.8. The average Bonchev–Trinajstić information content (AvgIpc) is 2.70. The van der Waals surface area contributed by atoms with E-state index in [2.05, 4.69) is 5.32 Å². The normalized spacial score (nSPS) is 15.7. The zero-order valence-corrected chi connectivity index (χ0v) is 16.4. The molecule has 0 spiro atoms. The van der Waals surface area contributed by atoms with E-state index in [0.717, 1.165) is 16.4 Å². The number of amides is 1. The van der Waals surface area contributed by atoms with Gasteiger partial charge in [0.2, 0.25) is 15.9 Å². The summed E-state index contributed by atoms with van der Waals surface area (Å²) in [4.78, 5) is 24.0. The molecule has 0 unspecified atom stereocenters. The van der Waals surface area contributed by atoms with Crippen LogP contribution in [0.2, 0.25) is 0 Å². The number of para-hydroxylation sites is 2. The molecule has 0 radical (unpaired) electrons. The Morgan fingerprint density at radius 2 is 1.73 bits per heavy atom. The molecule has 2 aromatic rings. The number of nitrogens with zero attached hydrogens (tertiary/aromatic N) is 3. The van der Waals surface area contributed by atoms with Crippen LogP contribution in [-0.4, -0.2) is 61.2 Å². The number of piperazine rings is 1. The molecule has 1 N–H and O–H groups in total. The maximum absolute atomic E-state index is 13.4. The molecule has 30 heavy (non-hydrogen) atoms. The smallest absolute Gasteiger partial charge is 0.292 e. The van der Waals surface area contributed by atoms with Crippen LogP contribution in [0.25, 0.3) is 0 Å². The summed E-state index contributed by atoms with van der Waals surface area (Å²) in [6.07, 6.45) is 0. The standard InChI is InChI=1S/C18H18F2N4O5S/c19-14-6-5-13(11-15(14)20)30(28,29)23-9-7-22(8-10-23)12-18(25)21-16-3-1-2-4-17(16)24(26)27/h1-6,11H,7-10,12H2,(H,21,25). The van der Waals surface area contributed by atoms with E-state index in [1.165, 1.54) is 18.2 Å². The number of anilines is 1. The van der Waals surface area contributed by atoms with Gasteiger partial charge in [0.15, 0.2) is 11.6 Å². The van der Waals surface area contributed by atoms with E-state index in [1.54, 1.807) is 11.0 Å². The van der Waals surface area contributed by atoms with Gasteiger partial charge in [-0.1, -0.05) is 12.1 Å². The molecule has 0 saturated carbocycles. The zero-order chi connectivity index (χ0) is 21.9. The first-order valence-electron chi connectivity index (χ1n) is 8.89. The molecular formula is C18H18F2N4O5S. The lowest BCUT2D eigenvalue weighted by Crippen LogP contribution is -2.50. The van der Waals surface area contributed by atoms with Gasteiger partial charge in [-0.25, -0.2) is 17.2 Å². The van der Waals surface area contributed by atoms with Gasteiger partial charge in [0.05, 0.1) is 16.4 Å². The molecule has 1 fully saturated rings. The monoisotopic (exact) mass is 440 g/mol. The molecule has 1 aliphatic heterocycles. The molecule has 3 rings (SSSR count). The van der Waals surface area contributed by atoms with Crippen LogP contribution in [0, 0.1) is 21.7 Å². The lowest BCUT2D eigenvalue weighted by atomic mass is 10.2. The Balaban J connectivity index is 1.58. The van der Waals surface area contributed by atoms with Gasteiger partial charge in [-0.3, -0.25) is 19.8 Å². The third kappa shape index (κ3) is 4.78. The first kappa shape index (κ1) is 21.7. The Labute approximate surface area is 171 Å². The fourth-order valence-electron chi connectivity index (χ4n) is 3.05. The highest BCUT2D eigenvalue weighted by atomic mass is 32.2. The van der Waals surface area contributed by atoms with E-state index in [1.807, 2.05) is 0 Å². The van der Waals surface area contributed by atoms with Gasteiger partial charge in [-0.2, -0.15) is 4.31 Å². The van der Waals surface area contributed by atoms with Crippen LogP contribution in [-0.2, 0) is 14.8 Å². The van der Waals surface area contributed by atoms with Crippen LogP contribution in [0.5, 0.6) is 0 Å². The van der Waals surface area contributed by atoms with Crippen molar-refractivity contribution in [3.63, 3.8) is 0 Å². The highest BCUT2D eigenvalue weighted by Crippen LogP contribution is 2.23.